The van der Waals surface area contributed by atoms with E-state index >= 15 is 0 Å². The zero-order valence-corrected chi connectivity index (χ0v) is 12.2. The topological polar surface area (TPSA) is 20.2 Å². The predicted octanol–water partition coefficient (Wildman–Crippen LogP) is 5.76. The van der Waals surface area contributed by atoms with E-state index in [1.165, 1.54) is 37.7 Å². The van der Waals surface area contributed by atoms with E-state index in [9.17, 15) is 5.11 Å². The maximum Gasteiger partial charge on any atom is 0.142 e. The lowest BCUT2D eigenvalue weighted by atomic mass is 9.83. The molecule has 1 saturated carbocycles. The van der Waals surface area contributed by atoms with Crippen molar-refractivity contribution in [3.63, 3.8) is 0 Å². The Morgan fingerprint density at radius 2 is 1.65 bits per heavy atom. The van der Waals surface area contributed by atoms with Crippen LogP contribution >= 0.6 is 11.6 Å². The zero-order chi connectivity index (χ0) is 13.9. The van der Waals surface area contributed by atoms with E-state index in [4.69, 9.17) is 11.6 Å². The highest BCUT2D eigenvalue weighted by atomic mass is 35.5. The van der Waals surface area contributed by atoms with Crippen molar-refractivity contribution in [3.8, 4) is 16.9 Å². The molecule has 1 fully saturated rings. The Hall–Kier alpha value is -1.47. The third kappa shape index (κ3) is 2.69. The second-order valence-corrected chi connectivity index (χ2v) is 6.01. The molecule has 1 nitrogen and oxygen atoms in total. The number of phenols is 1. The summed E-state index contributed by atoms with van der Waals surface area (Å²) in [7, 11) is 0. The van der Waals surface area contributed by atoms with Crippen molar-refractivity contribution in [3.05, 3.63) is 53.1 Å². The summed E-state index contributed by atoms with van der Waals surface area (Å²) in [6.07, 6.45) is 6.40. The van der Waals surface area contributed by atoms with Gasteiger partial charge in [-0.25, -0.2) is 0 Å². The molecule has 1 N–H and O–H groups in total. The highest BCUT2D eigenvalue weighted by Crippen LogP contribution is 2.41. The van der Waals surface area contributed by atoms with Crippen LogP contribution in [-0.4, -0.2) is 5.11 Å². The van der Waals surface area contributed by atoms with E-state index < -0.39 is 0 Å². The molecule has 1 aliphatic rings. The molecule has 2 aromatic carbocycles. The standard InChI is InChI=1S/C18H19ClO/c19-17-12-15(13-7-3-1-4-8-13)11-16(18(17)20)14-9-5-2-6-10-14/h2,5-6,9-13,20H,1,3-4,7-8H2. The van der Waals surface area contributed by atoms with Gasteiger partial charge in [-0.2, -0.15) is 0 Å². The van der Waals surface area contributed by atoms with Crippen LogP contribution in [0.5, 0.6) is 5.75 Å². The van der Waals surface area contributed by atoms with E-state index in [0.29, 0.717) is 10.9 Å². The quantitative estimate of drug-likeness (QED) is 0.744. The molecule has 3 rings (SSSR count). The Morgan fingerprint density at radius 1 is 0.950 bits per heavy atom. The summed E-state index contributed by atoms with van der Waals surface area (Å²) >= 11 is 6.24. The van der Waals surface area contributed by atoms with Crippen LogP contribution in [0.3, 0.4) is 0 Å². The Morgan fingerprint density at radius 3 is 2.35 bits per heavy atom. The smallest absolute Gasteiger partial charge is 0.142 e. The SMILES string of the molecule is Oc1c(Cl)cc(C2CCCCC2)cc1-c1ccccc1. The van der Waals surface area contributed by atoms with Gasteiger partial charge >= 0.3 is 0 Å². The highest BCUT2D eigenvalue weighted by molar-refractivity contribution is 6.32. The molecule has 1 aliphatic carbocycles. The number of benzene rings is 2. The summed E-state index contributed by atoms with van der Waals surface area (Å²) < 4.78 is 0. The highest BCUT2D eigenvalue weighted by Gasteiger charge is 2.19. The Kier molecular flexibility index (Phi) is 3.98. The van der Waals surface area contributed by atoms with Crippen LogP contribution in [0.1, 0.15) is 43.6 Å². The Balaban J connectivity index is 2.03. The normalized spacial score (nSPS) is 16.2. The Bertz CT molecular complexity index is 586. The molecule has 0 spiro atoms. The van der Waals surface area contributed by atoms with Crippen molar-refractivity contribution in [1.82, 2.24) is 0 Å². The fourth-order valence-electron chi connectivity index (χ4n) is 3.13. The monoisotopic (exact) mass is 286 g/mol. The lowest BCUT2D eigenvalue weighted by molar-refractivity contribution is 0.442. The maximum absolute atomic E-state index is 10.2. The van der Waals surface area contributed by atoms with Crippen molar-refractivity contribution in [2.45, 2.75) is 38.0 Å². The first-order valence-electron chi connectivity index (χ1n) is 7.33. The van der Waals surface area contributed by atoms with Gasteiger partial charge in [0.25, 0.3) is 0 Å². The number of rotatable bonds is 2. The molecule has 0 aliphatic heterocycles. The van der Waals surface area contributed by atoms with Crippen LogP contribution in [0.4, 0.5) is 0 Å². The van der Waals surface area contributed by atoms with Gasteiger partial charge in [0.15, 0.2) is 0 Å². The number of hydrogen-bond acceptors (Lipinski definition) is 1. The van der Waals surface area contributed by atoms with Crippen LogP contribution in [0.2, 0.25) is 5.02 Å². The van der Waals surface area contributed by atoms with Gasteiger partial charge in [-0.1, -0.05) is 61.2 Å². The average molecular weight is 287 g/mol. The summed E-state index contributed by atoms with van der Waals surface area (Å²) in [5, 5.41) is 10.7. The molecular weight excluding hydrogens is 268 g/mol. The van der Waals surface area contributed by atoms with Gasteiger partial charge in [0.2, 0.25) is 0 Å². The van der Waals surface area contributed by atoms with Crippen LogP contribution < -0.4 is 0 Å². The predicted molar refractivity (Wildman–Crippen MR) is 84.4 cm³/mol. The van der Waals surface area contributed by atoms with Crippen LogP contribution in [0.25, 0.3) is 11.1 Å². The molecule has 0 aromatic heterocycles. The maximum atomic E-state index is 10.2. The van der Waals surface area contributed by atoms with Crippen LogP contribution in [0, 0.1) is 0 Å². The van der Waals surface area contributed by atoms with E-state index in [1.54, 1.807) is 0 Å². The third-order valence-electron chi connectivity index (χ3n) is 4.25. The van der Waals surface area contributed by atoms with E-state index in [0.717, 1.165) is 11.1 Å². The molecule has 0 unspecified atom stereocenters. The molecule has 0 heterocycles. The molecule has 20 heavy (non-hydrogen) atoms. The summed E-state index contributed by atoms with van der Waals surface area (Å²) in [6.45, 7) is 0. The average Bonchev–Trinajstić information content (AvgIpc) is 2.51. The summed E-state index contributed by atoms with van der Waals surface area (Å²) in [5.41, 5.74) is 3.13. The lowest BCUT2D eigenvalue weighted by Gasteiger charge is -2.23. The first-order valence-corrected chi connectivity index (χ1v) is 7.71. The van der Waals surface area contributed by atoms with E-state index in [1.807, 2.05) is 36.4 Å². The molecule has 0 radical (unpaired) electrons. The Labute approximate surface area is 125 Å². The van der Waals surface area contributed by atoms with Crippen molar-refractivity contribution >= 4 is 11.6 Å². The van der Waals surface area contributed by atoms with Crippen LogP contribution in [0.15, 0.2) is 42.5 Å². The van der Waals surface area contributed by atoms with Crippen LogP contribution in [-0.2, 0) is 0 Å². The number of phenolic OH excluding ortho intramolecular Hbond substituents is 1. The fraction of sp³-hybridized carbons (Fsp3) is 0.333. The van der Waals surface area contributed by atoms with Crippen molar-refractivity contribution in [2.75, 3.05) is 0 Å². The third-order valence-corrected chi connectivity index (χ3v) is 4.54. The first-order chi connectivity index (χ1) is 9.75. The second kappa shape index (κ2) is 5.88. The summed E-state index contributed by atoms with van der Waals surface area (Å²) in [5.74, 6) is 0.779. The van der Waals surface area contributed by atoms with Gasteiger partial charge in [0.05, 0.1) is 5.02 Å². The minimum absolute atomic E-state index is 0.192. The summed E-state index contributed by atoms with van der Waals surface area (Å²) in [4.78, 5) is 0. The van der Waals surface area contributed by atoms with Gasteiger partial charge in [-0.15, -0.1) is 0 Å². The minimum atomic E-state index is 0.192. The molecule has 2 heteroatoms. The number of halogens is 1. The molecule has 0 atom stereocenters. The molecule has 0 bridgehead atoms. The molecule has 104 valence electrons. The van der Waals surface area contributed by atoms with Gasteiger partial charge in [0.1, 0.15) is 5.75 Å². The summed E-state index contributed by atoms with van der Waals surface area (Å²) in [6, 6.07) is 14.0. The van der Waals surface area contributed by atoms with Crippen molar-refractivity contribution in [1.29, 1.82) is 0 Å². The molecular formula is C18H19ClO. The molecule has 0 amide bonds. The van der Waals surface area contributed by atoms with Crippen molar-refractivity contribution < 1.29 is 5.11 Å². The number of hydrogen-bond donors (Lipinski definition) is 1. The van der Waals surface area contributed by atoms with Gasteiger partial charge < -0.3 is 5.11 Å². The molecule has 0 saturated heterocycles. The van der Waals surface area contributed by atoms with Gasteiger partial charge in [-0.3, -0.25) is 0 Å². The zero-order valence-electron chi connectivity index (χ0n) is 11.5. The van der Waals surface area contributed by atoms with Gasteiger partial charge in [-0.05, 0) is 42.0 Å². The van der Waals surface area contributed by atoms with E-state index in [2.05, 4.69) is 6.07 Å². The van der Waals surface area contributed by atoms with Gasteiger partial charge in [0, 0.05) is 5.56 Å². The largest absolute Gasteiger partial charge is 0.506 e. The lowest BCUT2D eigenvalue weighted by Crippen LogP contribution is -2.04. The first kappa shape index (κ1) is 13.5. The fourth-order valence-corrected chi connectivity index (χ4v) is 3.36. The molecule has 2 aromatic rings. The van der Waals surface area contributed by atoms with E-state index in [-0.39, 0.29) is 5.75 Å². The minimum Gasteiger partial charge on any atom is -0.506 e. The second-order valence-electron chi connectivity index (χ2n) is 5.60. The number of aromatic hydroxyl groups is 1. The van der Waals surface area contributed by atoms with Crippen molar-refractivity contribution in [2.24, 2.45) is 0 Å².